The summed E-state index contributed by atoms with van der Waals surface area (Å²) in [4.78, 5) is 13.6. The first-order chi connectivity index (χ1) is 8.99. The summed E-state index contributed by atoms with van der Waals surface area (Å²) < 4.78 is 6.73. The molecule has 1 aromatic rings. The Morgan fingerprint density at radius 1 is 1.53 bits per heavy atom. The van der Waals surface area contributed by atoms with Gasteiger partial charge in [-0.15, -0.1) is 0 Å². The summed E-state index contributed by atoms with van der Waals surface area (Å²) >= 11 is 5.16. The second-order valence-corrected chi connectivity index (χ2v) is 4.59. The molecule has 0 bridgehead atoms. The number of aryl methyl sites for hydroxylation is 1. The van der Waals surface area contributed by atoms with Crippen molar-refractivity contribution in [3.8, 4) is 0 Å². The van der Waals surface area contributed by atoms with Gasteiger partial charge in [-0.1, -0.05) is 6.92 Å². The zero-order valence-electron chi connectivity index (χ0n) is 11.8. The van der Waals surface area contributed by atoms with Crippen molar-refractivity contribution in [2.24, 2.45) is 0 Å². The van der Waals surface area contributed by atoms with Crippen LogP contribution in [0.3, 0.4) is 0 Å². The normalized spacial score (nSPS) is 10.1. The predicted octanol–water partition coefficient (Wildman–Crippen LogP) is 1.73. The third-order valence-corrected chi connectivity index (χ3v) is 2.81. The van der Waals surface area contributed by atoms with Gasteiger partial charge in [0.1, 0.15) is 5.56 Å². The summed E-state index contributed by atoms with van der Waals surface area (Å²) in [5.41, 5.74) is 0.402. The van der Waals surface area contributed by atoms with Crippen LogP contribution in [-0.4, -0.2) is 46.5 Å². The van der Waals surface area contributed by atoms with Crippen LogP contribution in [0.5, 0.6) is 0 Å². The van der Waals surface area contributed by atoms with Crippen molar-refractivity contribution < 1.29 is 9.53 Å². The maximum absolute atomic E-state index is 11.9. The van der Waals surface area contributed by atoms with E-state index in [0.29, 0.717) is 23.1 Å². The average Bonchev–Trinajstić information content (AvgIpc) is 2.72. The van der Waals surface area contributed by atoms with E-state index >= 15 is 0 Å². The molecule has 6 nitrogen and oxygen atoms in total. The molecule has 106 valence electrons. The fraction of sp³-hybridized carbons (Fsp3) is 0.583. The molecule has 0 aliphatic carbocycles. The minimum atomic E-state index is -0.395. The Morgan fingerprint density at radius 3 is 2.74 bits per heavy atom. The van der Waals surface area contributed by atoms with Crippen LogP contribution >= 0.6 is 12.2 Å². The average molecular weight is 284 g/mol. The number of aromatic nitrogens is 2. The molecule has 19 heavy (non-hydrogen) atoms. The third-order valence-electron chi connectivity index (χ3n) is 2.34. The topological polar surface area (TPSA) is 59.4 Å². The van der Waals surface area contributed by atoms with Crippen molar-refractivity contribution in [2.45, 2.75) is 26.8 Å². The van der Waals surface area contributed by atoms with E-state index in [9.17, 15) is 4.79 Å². The minimum absolute atomic E-state index is 0.329. The number of nitrogens with one attached hydrogen (secondary N) is 1. The maximum Gasteiger partial charge on any atom is 0.343 e. The number of anilines is 1. The molecule has 1 N–H and O–H groups in total. The van der Waals surface area contributed by atoms with Crippen molar-refractivity contribution in [3.05, 3.63) is 11.8 Å². The van der Waals surface area contributed by atoms with Crippen LogP contribution in [-0.2, 0) is 11.3 Å². The van der Waals surface area contributed by atoms with E-state index in [4.69, 9.17) is 17.0 Å². The number of carbonyl (C=O) groups is 1. The molecule has 0 aliphatic heterocycles. The first-order valence-corrected chi connectivity index (χ1v) is 6.63. The van der Waals surface area contributed by atoms with Gasteiger partial charge in [0, 0.05) is 26.8 Å². The second-order valence-electron chi connectivity index (χ2n) is 4.20. The predicted molar refractivity (Wildman–Crippen MR) is 78.4 cm³/mol. The highest BCUT2D eigenvalue weighted by atomic mass is 32.1. The molecule has 0 unspecified atom stereocenters. The van der Waals surface area contributed by atoms with Gasteiger partial charge in [0.15, 0.2) is 10.9 Å². The monoisotopic (exact) mass is 284 g/mol. The lowest BCUT2D eigenvalue weighted by Crippen LogP contribution is -2.28. The Bertz CT molecular complexity index is 457. The summed E-state index contributed by atoms with van der Waals surface area (Å²) in [5, 5.41) is 7.76. The highest BCUT2D eigenvalue weighted by Crippen LogP contribution is 2.15. The van der Waals surface area contributed by atoms with Crippen LogP contribution in [0.1, 0.15) is 30.6 Å². The summed E-state index contributed by atoms with van der Waals surface area (Å²) in [6, 6.07) is 0. The molecule has 1 rings (SSSR count). The minimum Gasteiger partial charge on any atom is -0.462 e. The van der Waals surface area contributed by atoms with E-state index < -0.39 is 5.97 Å². The summed E-state index contributed by atoms with van der Waals surface area (Å²) in [6.45, 7) is 4.88. The quantitative estimate of drug-likeness (QED) is 0.656. The molecular weight excluding hydrogens is 264 g/mol. The lowest BCUT2D eigenvalue weighted by Gasteiger charge is -2.14. The van der Waals surface area contributed by atoms with Crippen molar-refractivity contribution in [1.29, 1.82) is 0 Å². The number of hydrogen-bond donors (Lipinski definition) is 1. The van der Waals surface area contributed by atoms with Crippen LogP contribution in [0.2, 0.25) is 0 Å². The van der Waals surface area contributed by atoms with E-state index in [1.807, 2.05) is 21.0 Å². The van der Waals surface area contributed by atoms with Crippen molar-refractivity contribution in [1.82, 2.24) is 14.7 Å². The summed E-state index contributed by atoms with van der Waals surface area (Å²) in [7, 11) is 3.64. The third kappa shape index (κ3) is 4.20. The molecule has 0 spiro atoms. The highest BCUT2D eigenvalue weighted by Gasteiger charge is 2.18. The highest BCUT2D eigenvalue weighted by molar-refractivity contribution is 7.80. The molecule has 7 heteroatoms. The van der Waals surface area contributed by atoms with E-state index in [2.05, 4.69) is 10.4 Å². The van der Waals surface area contributed by atoms with E-state index in [1.165, 1.54) is 0 Å². The largest absolute Gasteiger partial charge is 0.462 e. The second kappa shape index (κ2) is 7.08. The molecule has 0 radical (unpaired) electrons. The van der Waals surface area contributed by atoms with Gasteiger partial charge in [0.2, 0.25) is 0 Å². The van der Waals surface area contributed by atoms with Gasteiger partial charge < -0.3 is 15.0 Å². The van der Waals surface area contributed by atoms with Crippen LogP contribution in [0.4, 0.5) is 5.82 Å². The van der Waals surface area contributed by atoms with Crippen LogP contribution in [0.25, 0.3) is 0 Å². The Morgan fingerprint density at radius 2 is 2.21 bits per heavy atom. The van der Waals surface area contributed by atoms with Crippen LogP contribution in [0, 0.1) is 0 Å². The number of hydrogen-bond acceptors (Lipinski definition) is 4. The molecule has 0 saturated heterocycles. The fourth-order valence-electron chi connectivity index (χ4n) is 1.43. The first-order valence-electron chi connectivity index (χ1n) is 6.22. The molecule has 0 fully saturated rings. The molecule has 1 heterocycles. The zero-order chi connectivity index (χ0) is 14.4. The Hall–Kier alpha value is -1.63. The number of nitrogens with zero attached hydrogens (tertiary/aromatic N) is 3. The van der Waals surface area contributed by atoms with Crippen molar-refractivity contribution in [3.63, 3.8) is 0 Å². The van der Waals surface area contributed by atoms with Gasteiger partial charge in [0.25, 0.3) is 0 Å². The van der Waals surface area contributed by atoms with Gasteiger partial charge in [-0.3, -0.25) is 4.68 Å². The SMILES string of the molecule is CCCn1cc(C(=O)OCC)c(NC(=S)N(C)C)n1. The smallest absolute Gasteiger partial charge is 0.343 e. The van der Waals surface area contributed by atoms with Gasteiger partial charge >= 0.3 is 5.97 Å². The summed E-state index contributed by atoms with van der Waals surface area (Å²) in [6.07, 6.45) is 2.61. The molecule has 0 aromatic carbocycles. The van der Waals surface area contributed by atoms with Gasteiger partial charge in [0.05, 0.1) is 6.61 Å². The molecule has 0 aliphatic rings. The number of thiocarbonyl (C=S) groups is 1. The Balaban J connectivity index is 2.98. The lowest BCUT2D eigenvalue weighted by atomic mass is 10.3. The van der Waals surface area contributed by atoms with Gasteiger partial charge in [-0.05, 0) is 25.6 Å². The van der Waals surface area contributed by atoms with Crippen molar-refractivity contribution in [2.75, 3.05) is 26.0 Å². The van der Waals surface area contributed by atoms with Crippen molar-refractivity contribution >= 4 is 29.1 Å². The van der Waals surface area contributed by atoms with Gasteiger partial charge in [-0.2, -0.15) is 5.10 Å². The standard InChI is InChI=1S/C12H20N4O2S/c1-5-7-16-8-9(11(17)18-6-2)10(14-16)13-12(19)15(3)4/h8H,5-7H2,1-4H3,(H,13,14,19). The number of carbonyl (C=O) groups excluding carboxylic acids is 1. The van der Waals surface area contributed by atoms with Crippen LogP contribution < -0.4 is 5.32 Å². The molecule has 0 atom stereocenters. The maximum atomic E-state index is 11.9. The Labute approximate surface area is 118 Å². The fourth-order valence-corrected chi connectivity index (χ4v) is 1.53. The molecule has 1 aromatic heterocycles. The van der Waals surface area contributed by atoms with E-state index in [1.54, 1.807) is 22.7 Å². The number of rotatable bonds is 5. The molecule has 0 saturated carbocycles. The first kappa shape index (κ1) is 15.4. The van der Waals surface area contributed by atoms with E-state index in [0.717, 1.165) is 13.0 Å². The van der Waals surface area contributed by atoms with E-state index in [-0.39, 0.29) is 0 Å². The number of esters is 1. The molecule has 0 amide bonds. The van der Waals surface area contributed by atoms with Gasteiger partial charge in [-0.25, -0.2) is 4.79 Å². The lowest BCUT2D eigenvalue weighted by molar-refractivity contribution is 0.0527. The summed E-state index contributed by atoms with van der Waals surface area (Å²) in [5.74, 6) is 0.0412. The van der Waals surface area contributed by atoms with Crippen LogP contribution in [0.15, 0.2) is 6.20 Å². The Kier molecular flexibility index (Phi) is 5.75. The molecular formula is C12H20N4O2S. The number of ether oxygens (including phenoxy) is 1. The zero-order valence-corrected chi connectivity index (χ0v) is 12.6.